The molecule has 0 aliphatic carbocycles. The van der Waals surface area contributed by atoms with Crippen LogP contribution >= 0.6 is 0 Å². The minimum Gasteiger partial charge on any atom is -0.508 e. The summed E-state index contributed by atoms with van der Waals surface area (Å²) in [6.07, 6.45) is 1.36. The first-order valence-corrected chi connectivity index (χ1v) is 13.8. The van der Waals surface area contributed by atoms with Gasteiger partial charge in [0.1, 0.15) is 11.8 Å². The molecule has 40 heavy (non-hydrogen) atoms. The van der Waals surface area contributed by atoms with Gasteiger partial charge in [0.25, 0.3) is 11.8 Å². The second-order valence-corrected chi connectivity index (χ2v) is 10.8. The van der Waals surface area contributed by atoms with E-state index in [1.165, 1.54) is 17.4 Å². The van der Waals surface area contributed by atoms with Crippen molar-refractivity contribution in [2.45, 2.75) is 79.5 Å². The fraction of sp³-hybridized carbons (Fsp3) is 0.469. The number of benzene rings is 2. The third-order valence-corrected chi connectivity index (χ3v) is 6.22. The summed E-state index contributed by atoms with van der Waals surface area (Å²) in [5, 5.41) is 26.9. The summed E-state index contributed by atoms with van der Waals surface area (Å²) in [5.41, 5.74) is 0.807. The lowest BCUT2D eigenvalue weighted by molar-refractivity contribution is -0.151. The molecule has 0 aliphatic rings. The molecular weight excluding hydrogens is 506 g/mol. The van der Waals surface area contributed by atoms with Gasteiger partial charge in [-0.3, -0.25) is 14.4 Å². The van der Waals surface area contributed by atoms with E-state index in [-0.39, 0.29) is 36.7 Å². The summed E-state index contributed by atoms with van der Waals surface area (Å²) in [4.78, 5) is 41.3. The van der Waals surface area contributed by atoms with Gasteiger partial charge in [0.05, 0.1) is 6.04 Å². The molecule has 3 atom stereocenters. The lowest BCUT2D eigenvalue weighted by Crippen LogP contribution is -2.60. The molecule has 0 saturated heterocycles. The summed E-state index contributed by atoms with van der Waals surface area (Å²) in [6, 6.07) is 12.0. The van der Waals surface area contributed by atoms with E-state index in [0.29, 0.717) is 5.56 Å². The second-order valence-electron chi connectivity index (χ2n) is 10.8. The Labute approximate surface area is 239 Å². The van der Waals surface area contributed by atoms with Crippen molar-refractivity contribution in [2.24, 2.45) is 5.41 Å². The van der Waals surface area contributed by atoms with E-state index < -0.39 is 35.4 Å². The summed E-state index contributed by atoms with van der Waals surface area (Å²) in [5.74, 6) is -1.57. The Bertz CT molecular complexity index is 1110. The Morgan fingerprint density at radius 3 is 2.15 bits per heavy atom. The molecule has 8 nitrogen and oxygen atoms in total. The summed E-state index contributed by atoms with van der Waals surface area (Å²) in [6.45, 7) is 17.2. The molecule has 0 heterocycles. The topological polar surface area (TPSA) is 119 Å². The van der Waals surface area contributed by atoms with Crippen molar-refractivity contribution >= 4 is 17.7 Å². The van der Waals surface area contributed by atoms with E-state index in [4.69, 9.17) is 0 Å². The minimum atomic E-state index is -1.63. The van der Waals surface area contributed by atoms with E-state index in [0.717, 1.165) is 5.56 Å². The molecular formula is C32H47N3O5. The second kappa shape index (κ2) is 16.5. The Balaban J connectivity index is 0.00000254. The van der Waals surface area contributed by atoms with Crippen molar-refractivity contribution in [1.29, 1.82) is 0 Å². The fourth-order valence-electron chi connectivity index (χ4n) is 4.30. The molecule has 220 valence electrons. The molecule has 8 heteroatoms. The van der Waals surface area contributed by atoms with Crippen LogP contribution in [0.2, 0.25) is 0 Å². The molecule has 0 radical (unpaired) electrons. The predicted molar refractivity (Wildman–Crippen MR) is 160 cm³/mol. The van der Waals surface area contributed by atoms with Crippen molar-refractivity contribution in [3.05, 3.63) is 77.9 Å². The number of phenolic OH excluding ortho intramolecular Hbond substituents is 1. The normalized spacial score (nSPS) is 13.1. The van der Waals surface area contributed by atoms with E-state index in [2.05, 4.69) is 31.1 Å². The maximum Gasteiger partial charge on any atom is 0.254 e. The van der Waals surface area contributed by atoms with E-state index in [9.17, 15) is 24.6 Å². The number of nitrogens with one attached hydrogen (secondary N) is 2. The number of hydrogen-bond acceptors (Lipinski definition) is 5. The third-order valence-electron chi connectivity index (χ3n) is 6.22. The molecule has 2 aromatic rings. The zero-order valence-corrected chi connectivity index (χ0v) is 25.0. The minimum absolute atomic E-state index is 0.0282. The van der Waals surface area contributed by atoms with Gasteiger partial charge in [-0.05, 0) is 43.4 Å². The van der Waals surface area contributed by atoms with Crippen LogP contribution in [0.4, 0.5) is 0 Å². The number of aliphatic hydroxyl groups is 1. The Morgan fingerprint density at radius 2 is 1.62 bits per heavy atom. The number of aromatic hydroxyl groups is 1. The first-order valence-electron chi connectivity index (χ1n) is 13.8. The molecule has 2 rings (SSSR count). The average molecular weight is 554 g/mol. The summed E-state index contributed by atoms with van der Waals surface area (Å²) >= 11 is 0. The van der Waals surface area contributed by atoms with Gasteiger partial charge >= 0.3 is 0 Å². The van der Waals surface area contributed by atoms with Crippen molar-refractivity contribution in [3.8, 4) is 5.75 Å². The van der Waals surface area contributed by atoms with Crippen LogP contribution in [0, 0.1) is 12.3 Å². The molecule has 0 bridgehead atoms. The van der Waals surface area contributed by atoms with Crippen LogP contribution in [0.25, 0.3) is 0 Å². The van der Waals surface area contributed by atoms with Gasteiger partial charge in [0.2, 0.25) is 5.91 Å². The Hall–Kier alpha value is -3.65. The highest BCUT2D eigenvalue weighted by Crippen LogP contribution is 2.26. The quantitative estimate of drug-likeness (QED) is 0.308. The largest absolute Gasteiger partial charge is 0.508 e. The number of nitrogens with zero attached hydrogens (tertiary/aromatic N) is 1. The van der Waals surface area contributed by atoms with Gasteiger partial charge < -0.3 is 25.7 Å². The fourth-order valence-corrected chi connectivity index (χ4v) is 4.30. The molecule has 0 aliphatic heterocycles. The van der Waals surface area contributed by atoms with E-state index >= 15 is 0 Å². The van der Waals surface area contributed by atoms with Crippen LogP contribution in [0.5, 0.6) is 5.75 Å². The SMILES string of the molecule is C=CCNC(=O)[C@@H](N(CC)C(=O)C(O)C(Cc1ccccc1)NC(=O)c1cccc(O)c1C)C(C)(C)C.CCC. The Kier molecular flexibility index (Phi) is 14.1. The first-order chi connectivity index (χ1) is 18.8. The first kappa shape index (κ1) is 34.4. The Morgan fingerprint density at radius 1 is 1.02 bits per heavy atom. The van der Waals surface area contributed by atoms with Crippen molar-refractivity contribution in [2.75, 3.05) is 13.1 Å². The summed E-state index contributed by atoms with van der Waals surface area (Å²) < 4.78 is 0. The molecule has 0 spiro atoms. The number of likely N-dealkylation sites (N-methyl/N-ethyl adjacent to an activating group) is 1. The van der Waals surface area contributed by atoms with Crippen LogP contribution in [0.3, 0.4) is 0 Å². The lowest BCUT2D eigenvalue weighted by Gasteiger charge is -2.40. The van der Waals surface area contributed by atoms with Crippen molar-refractivity contribution in [3.63, 3.8) is 0 Å². The molecule has 0 saturated carbocycles. The van der Waals surface area contributed by atoms with Crippen LogP contribution < -0.4 is 10.6 Å². The number of phenols is 1. The highest BCUT2D eigenvalue weighted by Gasteiger charge is 2.41. The number of carbonyl (C=O) groups excluding carboxylic acids is 3. The predicted octanol–water partition coefficient (Wildman–Crippen LogP) is 4.38. The lowest BCUT2D eigenvalue weighted by atomic mass is 9.84. The highest BCUT2D eigenvalue weighted by molar-refractivity contribution is 5.97. The molecule has 2 unspecified atom stereocenters. The van der Waals surface area contributed by atoms with Gasteiger partial charge in [-0.1, -0.05) is 83.5 Å². The molecule has 0 aromatic heterocycles. The number of rotatable bonds is 11. The number of hydrogen-bond donors (Lipinski definition) is 4. The smallest absolute Gasteiger partial charge is 0.254 e. The maximum absolute atomic E-state index is 13.7. The number of aliphatic hydroxyl groups excluding tert-OH is 1. The van der Waals surface area contributed by atoms with Gasteiger partial charge in [-0.15, -0.1) is 6.58 Å². The van der Waals surface area contributed by atoms with Crippen LogP contribution in [0.15, 0.2) is 61.2 Å². The molecule has 4 N–H and O–H groups in total. The number of carbonyl (C=O) groups is 3. The highest BCUT2D eigenvalue weighted by atomic mass is 16.3. The van der Waals surface area contributed by atoms with Crippen LogP contribution in [-0.2, 0) is 16.0 Å². The van der Waals surface area contributed by atoms with Crippen molar-refractivity contribution < 1.29 is 24.6 Å². The standard InChI is InChI=1S/C29H39N3O5.C3H8/c1-7-17-30-27(36)25(29(4,5)6)32(8-2)28(37)24(34)22(18-20-13-10-9-11-14-20)31-26(35)21-15-12-16-23(33)19(21)3;1-3-2/h7,9-16,22,24-25,33-34H,1,8,17-18H2,2-6H3,(H,30,36)(H,31,35);3H2,1-2H3/t22?,24?,25-;/m1./s1. The molecule has 0 fully saturated rings. The summed E-state index contributed by atoms with van der Waals surface area (Å²) in [7, 11) is 0. The zero-order chi connectivity index (χ0) is 30.5. The van der Waals surface area contributed by atoms with Gasteiger partial charge in [-0.2, -0.15) is 0 Å². The van der Waals surface area contributed by atoms with Crippen LogP contribution in [0.1, 0.15) is 69.4 Å². The maximum atomic E-state index is 13.7. The van der Waals surface area contributed by atoms with Crippen LogP contribution in [-0.4, -0.2) is 64.1 Å². The van der Waals surface area contributed by atoms with E-state index in [1.807, 2.05) is 51.1 Å². The monoisotopic (exact) mass is 553 g/mol. The third kappa shape index (κ3) is 9.83. The zero-order valence-electron chi connectivity index (χ0n) is 25.0. The molecule has 2 aromatic carbocycles. The molecule has 3 amide bonds. The van der Waals surface area contributed by atoms with Gasteiger partial charge in [0, 0.05) is 24.2 Å². The van der Waals surface area contributed by atoms with E-state index in [1.54, 1.807) is 32.1 Å². The van der Waals surface area contributed by atoms with Crippen molar-refractivity contribution in [1.82, 2.24) is 15.5 Å². The van der Waals surface area contributed by atoms with Gasteiger partial charge in [0.15, 0.2) is 6.10 Å². The average Bonchev–Trinajstić information content (AvgIpc) is 2.90. The number of amides is 3. The van der Waals surface area contributed by atoms with Gasteiger partial charge in [-0.25, -0.2) is 0 Å².